The van der Waals surface area contributed by atoms with Crippen molar-refractivity contribution in [3.05, 3.63) is 78.2 Å². The van der Waals surface area contributed by atoms with E-state index in [1.54, 1.807) is 35.0 Å². The van der Waals surface area contributed by atoms with Crippen molar-refractivity contribution in [2.75, 3.05) is 11.9 Å². The number of carbonyl (C=O) groups is 1. The summed E-state index contributed by atoms with van der Waals surface area (Å²) in [7, 11) is -3.59. The normalized spacial score (nSPS) is 16.8. The zero-order valence-electron chi connectivity index (χ0n) is 18.3. The third-order valence-electron chi connectivity index (χ3n) is 5.61. The van der Waals surface area contributed by atoms with Gasteiger partial charge in [0.2, 0.25) is 10.0 Å². The molecule has 172 valence electrons. The van der Waals surface area contributed by atoms with Crippen molar-refractivity contribution in [3.8, 4) is 5.75 Å². The Labute approximate surface area is 193 Å². The van der Waals surface area contributed by atoms with Crippen molar-refractivity contribution in [2.45, 2.75) is 43.7 Å². The molecule has 1 atom stereocenters. The molecule has 4 rings (SSSR count). The van der Waals surface area contributed by atoms with Gasteiger partial charge in [-0.3, -0.25) is 9.78 Å². The third kappa shape index (κ3) is 5.37. The van der Waals surface area contributed by atoms with E-state index in [4.69, 9.17) is 4.74 Å². The van der Waals surface area contributed by atoms with Crippen molar-refractivity contribution in [1.82, 2.24) is 14.3 Å². The highest BCUT2D eigenvalue weighted by atomic mass is 32.2. The molecule has 1 N–H and O–H groups in total. The SMILES string of the molecule is CC1CCCCN1S(=O)(=O)c1ccc(C(=O)Nc2ncccc2OCc2ccncc2)cc1. The molecule has 1 aliphatic heterocycles. The zero-order valence-corrected chi connectivity index (χ0v) is 19.2. The topological polar surface area (TPSA) is 101 Å². The number of nitrogens with zero attached hydrogens (tertiary/aromatic N) is 3. The maximum Gasteiger partial charge on any atom is 0.256 e. The molecule has 0 spiro atoms. The molecule has 3 heterocycles. The number of benzene rings is 1. The highest BCUT2D eigenvalue weighted by Gasteiger charge is 2.30. The summed E-state index contributed by atoms with van der Waals surface area (Å²) in [6.07, 6.45) is 7.67. The van der Waals surface area contributed by atoms with Crippen molar-refractivity contribution in [1.29, 1.82) is 0 Å². The lowest BCUT2D eigenvalue weighted by Crippen LogP contribution is -2.41. The fourth-order valence-electron chi connectivity index (χ4n) is 3.76. The van der Waals surface area contributed by atoms with Gasteiger partial charge in [-0.1, -0.05) is 6.42 Å². The molecule has 0 radical (unpaired) electrons. The molecule has 1 saturated heterocycles. The standard InChI is InChI=1S/C24H26N4O4S/c1-18-5-2-3-16-28(18)33(30,31)21-9-7-20(8-10-21)24(29)27-23-22(6-4-13-26-23)32-17-19-11-14-25-15-12-19/h4,6-15,18H,2-3,5,16-17H2,1H3,(H,26,27,29). The monoisotopic (exact) mass is 466 g/mol. The second-order valence-electron chi connectivity index (χ2n) is 7.93. The highest BCUT2D eigenvalue weighted by molar-refractivity contribution is 7.89. The highest BCUT2D eigenvalue weighted by Crippen LogP contribution is 2.26. The fraction of sp³-hybridized carbons (Fsp3) is 0.292. The van der Waals surface area contributed by atoms with Crippen LogP contribution < -0.4 is 10.1 Å². The maximum atomic E-state index is 13.0. The van der Waals surface area contributed by atoms with Crippen LogP contribution in [-0.2, 0) is 16.6 Å². The van der Waals surface area contributed by atoms with E-state index in [-0.39, 0.29) is 16.8 Å². The molecule has 1 unspecified atom stereocenters. The second kappa shape index (κ2) is 10.1. The van der Waals surface area contributed by atoms with E-state index >= 15 is 0 Å². The van der Waals surface area contributed by atoms with Gasteiger partial charge >= 0.3 is 0 Å². The first-order valence-corrected chi connectivity index (χ1v) is 12.3. The lowest BCUT2D eigenvalue weighted by molar-refractivity contribution is 0.102. The van der Waals surface area contributed by atoms with Crippen LogP contribution >= 0.6 is 0 Å². The van der Waals surface area contributed by atoms with Crippen molar-refractivity contribution in [3.63, 3.8) is 0 Å². The fourth-order valence-corrected chi connectivity index (χ4v) is 5.46. The largest absolute Gasteiger partial charge is 0.485 e. The van der Waals surface area contributed by atoms with Gasteiger partial charge in [-0.25, -0.2) is 13.4 Å². The van der Waals surface area contributed by atoms with E-state index in [0.717, 1.165) is 24.8 Å². The summed E-state index contributed by atoms with van der Waals surface area (Å²) in [5.74, 6) is 0.314. The molecule has 0 bridgehead atoms. The van der Waals surface area contributed by atoms with Crippen LogP contribution in [0.3, 0.4) is 0 Å². The molecular weight excluding hydrogens is 440 g/mol. The summed E-state index contributed by atoms with van der Waals surface area (Å²) < 4.78 is 33.4. The Morgan fingerprint density at radius 2 is 1.85 bits per heavy atom. The summed E-state index contributed by atoms with van der Waals surface area (Å²) in [5.41, 5.74) is 1.26. The lowest BCUT2D eigenvalue weighted by Gasteiger charge is -2.32. The average molecular weight is 467 g/mol. The second-order valence-corrected chi connectivity index (χ2v) is 9.82. The first kappa shape index (κ1) is 22.9. The van der Waals surface area contributed by atoms with Gasteiger partial charge in [-0.05, 0) is 73.9 Å². The molecule has 0 aliphatic carbocycles. The number of piperidine rings is 1. The molecule has 1 amide bonds. The van der Waals surface area contributed by atoms with Gasteiger partial charge in [0.25, 0.3) is 5.91 Å². The predicted octanol–water partition coefficient (Wildman–Crippen LogP) is 3.87. The minimum atomic E-state index is -3.59. The molecule has 1 aliphatic rings. The van der Waals surface area contributed by atoms with E-state index in [1.165, 1.54) is 24.3 Å². The summed E-state index contributed by atoms with van der Waals surface area (Å²) in [6, 6.07) is 13.1. The van der Waals surface area contributed by atoms with Crippen LogP contribution in [0.1, 0.15) is 42.1 Å². The van der Waals surface area contributed by atoms with Gasteiger partial charge in [-0.15, -0.1) is 0 Å². The number of rotatable bonds is 7. The predicted molar refractivity (Wildman–Crippen MR) is 124 cm³/mol. The first-order valence-electron chi connectivity index (χ1n) is 10.8. The Bertz CT molecular complexity index is 1200. The van der Waals surface area contributed by atoms with Crippen LogP contribution in [0.2, 0.25) is 0 Å². The molecule has 3 aromatic rings. The van der Waals surface area contributed by atoms with E-state index in [9.17, 15) is 13.2 Å². The van der Waals surface area contributed by atoms with Crippen LogP contribution in [0.25, 0.3) is 0 Å². The molecular formula is C24H26N4O4S. The van der Waals surface area contributed by atoms with Crippen molar-refractivity contribution >= 4 is 21.7 Å². The minimum Gasteiger partial charge on any atom is -0.485 e. The molecule has 33 heavy (non-hydrogen) atoms. The average Bonchev–Trinajstić information content (AvgIpc) is 2.84. The summed E-state index contributed by atoms with van der Waals surface area (Å²) in [6.45, 7) is 2.76. The number of ether oxygens (including phenoxy) is 1. The number of anilines is 1. The minimum absolute atomic E-state index is 0.0264. The Hall–Kier alpha value is -3.30. The van der Waals surface area contributed by atoms with Crippen molar-refractivity contribution < 1.29 is 17.9 Å². The number of carbonyl (C=O) groups excluding carboxylic acids is 1. The van der Waals surface area contributed by atoms with E-state index in [1.807, 2.05) is 19.1 Å². The van der Waals surface area contributed by atoms with Crippen LogP contribution in [0, 0.1) is 0 Å². The molecule has 1 aromatic carbocycles. The lowest BCUT2D eigenvalue weighted by atomic mass is 10.1. The smallest absolute Gasteiger partial charge is 0.256 e. The van der Waals surface area contributed by atoms with Crippen LogP contribution in [-0.4, -0.2) is 41.2 Å². The van der Waals surface area contributed by atoms with E-state index < -0.39 is 15.9 Å². The van der Waals surface area contributed by atoms with Gasteiger partial charge in [0.15, 0.2) is 11.6 Å². The number of nitrogens with one attached hydrogen (secondary N) is 1. The molecule has 2 aromatic heterocycles. The van der Waals surface area contributed by atoms with Gasteiger partial charge in [0.1, 0.15) is 6.61 Å². The Kier molecular flexibility index (Phi) is 7.00. The van der Waals surface area contributed by atoms with Crippen LogP contribution in [0.15, 0.2) is 72.0 Å². The molecule has 8 nitrogen and oxygen atoms in total. The number of hydrogen-bond acceptors (Lipinski definition) is 6. The summed E-state index contributed by atoms with van der Waals surface area (Å²) >= 11 is 0. The van der Waals surface area contributed by atoms with Gasteiger partial charge in [0.05, 0.1) is 4.90 Å². The summed E-state index contributed by atoms with van der Waals surface area (Å²) in [4.78, 5) is 21.2. The number of sulfonamides is 1. The maximum absolute atomic E-state index is 13.0. The number of pyridine rings is 2. The Morgan fingerprint density at radius 1 is 1.09 bits per heavy atom. The van der Waals surface area contributed by atoms with Crippen molar-refractivity contribution in [2.24, 2.45) is 0 Å². The van der Waals surface area contributed by atoms with Crippen LogP contribution in [0.5, 0.6) is 5.75 Å². The molecule has 0 saturated carbocycles. The van der Waals surface area contributed by atoms with Gasteiger partial charge < -0.3 is 10.1 Å². The quantitative estimate of drug-likeness (QED) is 0.567. The zero-order chi connectivity index (χ0) is 23.3. The Morgan fingerprint density at radius 3 is 2.58 bits per heavy atom. The van der Waals surface area contributed by atoms with E-state index in [2.05, 4.69) is 15.3 Å². The van der Waals surface area contributed by atoms with Crippen LogP contribution in [0.4, 0.5) is 5.82 Å². The van der Waals surface area contributed by atoms with E-state index in [0.29, 0.717) is 24.5 Å². The number of amides is 1. The third-order valence-corrected chi connectivity index (χ3v) is 7.64. The Balaban J connectivity index is 1.45. The molecule has 9 heteroatoms. The first-order chi connectivity index (χ1) is 15.9. The molecule has 1 fully saturated rings. The summed E-state index contributed by atoms with van der Waals surface area (Å²) in [5, 5.41) is 2.74. The number of hydrogen-bond donors (Lipinski definition) is 1. The number of aromatic nitrogens is 2. The van der Waals surface area contributed by atoms with Gasteiger partial charge in [-0.2, -0.15) is 4.31 Å². The van der Waals surface area contributed by atoms with Gasteiger partial charge in [0, 0.05) is 36.7 Å².